The van der Waals surface area contributed by atoms with Gasteiger partial charge in [-0.1, -0.05) is 60.7 Å². The molecule has 0 bridgehead atoms. The molecule has 3 aromatic rings. The summed E-state index contributed by atoms with van der Waals surface area (Å²) in [6, 6.07) is 26.5. The second kappa shape index (κ2) is 6.75. The Labute approximate surface area is 134 Å². The van der Waals surface area contributed by atoms with Crippen molar-refractivity contribution in [1.29, 1.82) is 0 Å². The van der Waals surface area contributed by atoms with Crippen molar-refractivity contribution in [2.24, 2.45) is 0 Å². The zero-order valence-corrected chi connectivity index (χ0v) is 12.5. The number of nitrogens with zero attached hydrogens (tertiary/aromatic N) is 2. The van der Waals surface area contributed by atoms with E-state index in [0.717, 1.165) is 11.3 Å². The molecule has 0 aliphatic heterocycles. The molecule has 0 fully saturated rings. The molecule has 0 N–H and O–H groups in total. The van der Waals surface area contributed by atoms with Crippen molar-refractivity contribution in [3.05, 3.63) is 101 Å². The molecule has 0 spiro atoms. The predicted molar refractivity (Wildman–Crippen MR) is 91.8 cm³/mol. The molecule has 0 aliphatic carbocycles. The highest BCUT2D eigenvalue weighted by Crippen LogP contribution is 2.34. The summed E-state index contributed by atoms with van der Waals surface area (Å²) in [5.41, 5.74) is 2.71. The van der Waals surface area contributed by atoms with Crippen LogP contribution in [0.1, 0.15) is 5.56 Å². The molecule has 114 valence electrons. The number of anilines is 2. The lowest BCUT2D eigenvalue weighted by Gasteiger charge is -2.25. The maximum absolute atomic E-state index is 11.4. The summed E-state index contributed by atoms with van der Waals surface area (Å²) >= 11 is 0. The molecule has 4 heteroatoms. The Morgan fingerprint density at radius 1 is 0.783 bits per heavy atom. The van der Waals surface area contributed by atoms with Crippen LogP contribution in [0, 0.1) is 10.1 Å². The molecule has 0 amide bonds. The Morgan fingerprint density at radius 2 is 1.35 bits per heavy atom. The van der Waals surface area contributed by atoms with E-state index in [9.17, 15) is 10.1 Å². The third-order valence-electron chi connectivity index (χ3n) is 3.62. The summed E-state index contributed by atoms with van der Waals surface area (Å²) in [4.78, 5) is 13.0. The molecule has 23 heavy (non-hydrogen) atoms. The van der Waals surface area contributed by atoms with E-state index in [1.54, 1.807) is 12.1 Å². The van der Waals surface area contributed by atoms with Crippen molar-refractivity contribution in [1.82, 2.24) is 0 Å². The van der Waals surface area contributed by atoms with Crippen LogP contribution in [0.2, 0.25) is 0 Å². The highest BCUT2D eigenvalue weighted by atomic mass is 16.6. The first-order valence-electron chi connectivity index (χ1n) is 7.35. The van der Waals surface area contributed by atoms with Gasteiger partial charge in [0, 0.05) is 18.3 Å². The molecule has 3 aromatic carbocycles. The van der Waals surface area contributed by atoms with E-state index in [0.29, 0.717) is 12.2 Å². The average Bonchev–Trinajstić information content (AvgIpc) is 2.61. The molecule has 0 saturated heterocycles. The summed E-state index contributed by atoms with van der Waals surface area (Å²) in [7, 11) is 0. The third kappa shape index (κ3) is 3.37. The molecule has 0 heterocycles. The predicted octanol–water partition coefficient (Wildman–Crippen LogP) is 4.93. The number of nitro benzene ring substituents is 1. The summed E-state index contributed by atoms with van der Waals surface area (Å²) < 4.78 is 0. The normalized spacial score (nSPS) is 10.3. The van der Waals surface area contributed by atoms with Gasteiger partial charge < -0.3 is 4.90 Å². The molecular weight excluding hydrogens is 288 g/mol. The Balaban J connectivity index is 2.08. The third-order valence-corrected chi connectivity index (χ3v) is 3.62. The van der Waals surface area contributed by atoms with Crippen LogP contribution in [-0.2, 0) is 6.54 Å². The van der Waals surface area contributed by atoms with E-state index in [-0.39, 0.29) is 10.6 Å². The molecular formula is C19H16N2O2. The van der Waals surface area contributed by atoms with Gasteiger partial charge in [-0.05, 0) is 23.8 Å². The van der Waals surface area contributed by atoms with Gasteiger partial charge in [0.2, 0.25) is 0 Å². The van der Waals surface area contributed by atoms with E-state index in [4.69, 9.17) is 0 Å². The number of benzene rings is 3. The topological polar surface area (TPSA) is 46.4 Å². The summed E-state index contributed by atoms with van der Waals surface area (Å²) in [6.45, 7) is 0.565. The largest absolute Gasteiger partial charge is 0.331 e. The second-order valence-electron chi connectivity index (χ2n) is 5.15. The lowest BCUT2D eigenvalue weighted by Crippen LogP contribution is -2.17. The molecule has 0 radical (unpaired) electrons. The SMILES string of the molecule is O=[N+]([O-])c1ccccc1N(Cc1ccccc1)c1ccccc1. The fourth-order valence-corrected chi connectivity index (χ4v) is 2.54. The standard InChI is InChI=1S/C19H16N2O2/c22-21(23)19-14-8-7-13-18(19)20(17-11-5-2-6-12-17)15-16-9-3-1-4-10-16/h1-14H,15H2. The first-order valence-corrected chi connectivity index (χ1v) is 7.35. The monoisotopic (exact) mass is 304 g/mol. The minimum atomic E-state index is -0.337. The zero-order valence-electron chi connectivity index (χ0n) is 12.5. The Kier molecular flexibility index (Phi) is 4.34. The lowest BCUT2D eigenvalue weighted by atomic mass is 10.1. The van der Waals surface area contributed by atoms with E-state index in [1.807, 2.05) is 71.6 Å². The van der Waals surface area contributed by atoms with Crippen molar-refractivity contribution < 1.29 is 4.92 Å². The minimum Gasteiger partial charge on any atom is -0.331 e. The van der Waals surface area contributed by atoms with Gasteiger partial charge in [-0.25, -0.2) is 0 Å². The summed E-state index contributed by atoms with van der Waals surface area (Å²) in [6.07, 6.45) is 0. The van der Waals surface area contributed by atoms with Crippen molar-refractivity contribution >= 4 is 17.1 Å². The fraction of sp³-hybridized carbons (Fsp3) is 0.0526. The van der Waals surface area contributed by atoms with Gasteiger partial charge in [-0.3, -0.25) is 10.1 Å². The smallest absolute Gasteiger partial charge is 0.292 e. The molecule has 0 aliphatic rings. The van der Waals surface area contributed by atoms with E-state index in [2.05, 4.69) is 0 Å². The zero-order chi connectivity index (χ0) is 16.1. The van der Waals surface area contributed by atoms with Crippen LogP contribution >= 0.6 is 0 Å². The first-order chi connectivity index (χ1) is 11.3. The number of rotatable bonds is 5. The highest BCUT2D eigenvalue weighted by molar-refractivity contribution is 5.72. The van der Waals surface area contributed by atoms with Gasteiger partial charge in [-0.2, -0.15) is 0 Å². The lowest BCUT2D eigenvalue weighted by molar-refractivity contribution is -0.384. The molecule has 4 nitrogen and oxygen atoms in total. The summed E-state index contributed by atoms with van der Waals surface area (Å²) in [5, 5.41) is 11.4. The van der Waals surface area contributed by atoms with Gasteiger partial charge >= 0.3 is 0 Å². The molecule has 0 atom stereocenters. The van der Waals surface area contributed by atoms with Crippen molar-refractivity contribution in [2.75, 3.05) is 4.90 Å². The Hall–Kier alpha value is -3.14. The van der Waals surface area contributed by atoms with Crippen LogP contribution in [0.25, 0.3) is 0 Å². The van der Waals surface area contributed by atoms with E-state index in [1.165, 1.54) is 6.07 Å². The average molecular weight is 304 g/mol. The second-order valence-corrected chi connectivity index (χ2v) is 5.15. The molecule has 0 saturated carbocycles. The maximum atomic E-state index is 11.4. The number of nitro groups is 1. The quantitative estimate of drug-likeness (QED) is 0.496. The maximum Gasteiger partial charge on any atom is 0.292 e. The van der Waals surface area contributed by atoms with Crippen molar-refractivity contribution in [2.45, 2.75) is 6.54 Å². The molecule has 3 rings (SSSR count). The van der Waals surface area contributed by atoms with Gasteiger partial charge in [-0.15, -0.1) is 0 Å². The van der Waals surface area contributed by atoms with Crippen LogP contribution in [0.3, 0.4) is 0 Å². The Morgan fingerprint density at radius 3 is 2.00 bits per heavy atom. The van der Waals surface area contributed by atoms with Crippen LogP contribution in [0.15, 0.2) is 84.9 Å². The van der Waals surface area contributed by atoms with Gasteiger partial charge in [0.25, 0.3) is 5.69 Å². The summed E-state index contributed by atoms with van der Waals surface area (Å²) in [5.74, 6) is 0. The molecule has 0 unspecified atom stereocenters. The minimum absolute atomic E-state index is 0.104. The van der Waals surface area contributed by atoms with E-state index < -0.39 is 0 Å². The van der Waals surface area contributed by atoms with Crippen molar-refractivity contribution in [3.8, 4) is 0 Å². The van der Waals surface area contributed by atoms with Crippen LogP contribution in [-0.4, -0.2) is 4.92 Å². The van der Waals surface area contributed by atoms with Crippen LogP contribution in [0.4, 0.5) is 17.1 Å². The van der Waals surface area contributed by atoms with Crippen LogP contribution < -0.4 is 4.90 Å². The van der Waals surface area contributed by atoms with Gasteiger partial charge in [0.1, 0.15) is 5.69 Å². The van der Waals surface area contributed by atoms with Crippen molar-refractivity contribution in [3.63, 3.8) is 0 Å². The number of hydrogen-bond donors (Lipinski definition) is 0. The highest BCUT2D eigenvalue weighted by Gasteiger charge is 2.20. The fourth-order valence-electron chi connectivity index (χ4n) is 2.54. The molecule has 0 aromatic heterocycles. The van der Waals surface area contributed by atoms with Gasteiger partial charge in [0.05, 0.1) is 4.92 Å². The number of hydrogen-bond acceptors (Lipinski definition) is 3. The van der Waals surface area contributed by atoms with E-state index >= 15 is 0 Å². The Bertz CT molecular complexity index is 789. The first kappa shape index (κ1) is 14.8. The van der Waals surface area contributed by atoms with Crippen LogP contribution in [0.5, 0.6) is 0 Å². The number of para-hydroxylation sites is 3. The van der Waals surface area contributed by atoms with Gasteiger partial charge in [0.15, 0.2) is 0 Å².